The van der Waals surface area contributed by atoms with Gasteiger partial charge in [-0.1, -0.05) is 29.8 Å². The maximum atomic E-state index is 12.5. The average Bonchev–Trinajstić information content (AvgIpc) is 2.62. The molecule has 0 aromatic heterocycles. The molecule has 1 N–H and O–H groups in total. The first-order chi connectivity index (χ1) is 12.2. The molecular formula is C19H24N2O4S. The summed E-state index contributed by atoms with van der Waals surface area (Å²) < 4.78 is 32.3. The van der Waals surface area contributed by atoms with Crippen LogP contribution in [0.1, 0.15) is 17.0 Å². The van der Waals surface area contributed by atoms with Gasteiger partial charge < -0.3 is 9.64 Å². The van der Waals surface area contributed by atoms with Crippen LogP contribution >= 0.6 is 0 Å². The number of aryl methyl sites for hydroxylation is 1. The van der Waals surface area contributed by atoms with Crippen molar-refractivity contribution in [1.82, 2.24) is 4.72 Å². The van der Waals surface area contributed by atoms with Crippen molar-refractivity contribution in [1.29, 1.82) is 0 Å². The summed E-state index contributed by atoms with van der Waals surface area (Å²) in [5.74, 6) is -1.22. The van der Waals surface area contributed by atoms with Crippen LogP contribution in [-0.4, -0.2) is 42.1 Å². The highest BCUT2D eigenvalue weighted by Gasteiger charge is 2.24. The standard InChI is InChI=1S/C19H24N2O4S/c1-14-5-11-17(12-6-14)26(23,24)20-13-18(19(22)25-4)15-7-9-16(10-8-15)21(2)3/h5-12,18,20H,13H2,1-4H3/t18-/m0/s1. The molecule has 0 bridgehead atoms. The quantitative estimate of drug-likeness (QED) is 0.751. The molecule has 0 spiro atoms. The van der Waals surface area contributed by atoms with Crippen molar-refractivity contribution < 1.29 is 17.9 Å². The van der Waals surface area contributed by atoms with Crippen LogP contribution in [0.25, 0.3) is 0 Å². The van der Waals surface area contributed by atoms with Gasteiger partial charge in [0.2, 0.25) is 10.0 Å². The fraction of sp³-hybridized carbons (Fsp3) is 0.316. The SMILES string of the molecule is COC(=O)[C@@H](CNS(=O)(=O)c1ccc(C)cc1)c1ccc(N(C)C)cc1. The van der Waals surface area contributed by atoms with Crippen LogP contribution < -0.4 is 9.62 Å². The molecule has 0 unspecified atom stereocenters. The number of rotatable bonds is 7. The Bertz CT molecular complexity index is 844. The summed E-state index contributed by atoms with van der Waals surface area (Å²) in [5.41, 5.74) is 2.64. The molecule has 140 valence electrons. The molecule has 0 amide bonds. The van der Waals surface area contributed by atoms with Gasteiger partial charge in [-0.25, -0.2) is 13.1 Å². The first-order valence-electron chi connectivity index (χ1n) is 8.16. The van der Waals surface area contributed by atoms with E-state index in [1.807, 2.05) is 38.1 Å². The minimum absolute atomic E-state index is 0.0792. The van der Waals surface area contributed by atoms with Crippen molar-refractivity contribution in [3.05, 3.63) is 59.7 Å². The van der Waals surface area contributed by atoms with Gasteiger partial charge >= 0.3 is 5.97 Å². The van der Waals surface area contributed by atoms with Crippen LogP contribution in [0.5, 0.6) is 0 Å². The first kappa shape index (κ1) is 19.9. The van der Waals surface area contributed by atoms with Crippen molar-refractivity contribution in [2.75, 3.05) is 32.6 Å². The van der Waals surface area contributed by atoms with E-state index < -0.39 is 21.9 Å². The van der Waals surface area contributed by atoms with Gasteiger partial charge in [-0.3, -0.25) is 4.79 Å². The lowest BCUT2D eigenvalue weighted by Crippen LogP contribution is -2.32. The minimum Gasteiger partial charge on any atom is -0.469 e. The minimum atomic E-state index is -3.71. The summed E-state index contributed by atoms with van der Waals surface area (Å²) in [6.45, 7) is 1.80. The van der Waals surface area contributed by atoms with Crippen molar-refractivity contribution in [2.24, 2.45) is 0 Å². The van der Waals surface area contributed by atoms with Crippen LogP contribution in [0.2, 0.25) is 0 Å². The molecule has 0 aliphatic carbocycles. The molecule has 26 heavy (non-hydrogen) atoms. The molecule has 2 rings (SSSR count). The van der Waals surface area contributed by atoms with Gasteiger partial charge in [-0.2, -0.15) is 0 Å². The third-order valence-corrected chi connectivity index (χ3v) is 5.55. The number of nitrogens with one attached hydrogen (secondary N) is 1. The van der Waals surface area contributed by atoms with E-state index >= 15 is 0 Å². The Hall–Kier alpha value is -2.38. The van der Waals surface area contributed by atoms with E-state index in [1.54, 1.807) is 24.3 Å². The van der Waals surface area contributed by atoms with E-state index in [4.69, 9.17) is 4.74 Å². The highest BCUT2D eigenvalue weighted by Crippen LogP contribution is 2.21. The van der Waals surface area contributed by atoms with E-state index in [0.29, 0.717) is 5.56 Å². The molecule has 2 aromatic carbocycles. The lowest BCUT2D eigenvalue weighted by atomic mass is 9.99. The van der Waals surface area contributed by atoms with Crippen LogP contribution in [0.4, 0.5) is 5.69 Å². The summed E-state index contributed by atoms with van der Waals surface area (Å²) in [6, 6.07) is 13.9. The van der Waals surface area contributed by atoms with Crippen molar-refractivity contribution in [2.45, 2.75) is 17.7 Å². The van der Waals surface area contributed by atoms with Crippen LogP contribution in [0, 0.1) is 6.92 Å². The summed E-state index contributed by atoms with van der Waals surface area (Å²) in [6.07, 6.45) is 0. The number of hydrogen-bond acceptors (Lipinski definition) is 5. The number of anilines is 1. The summed E-state index contributed by atoms with van der Waals surface area (Å²) >= 11 is 0. The predicted octanol–water partition coefficient (Wildman–Crippen LogP) is 2.30. The normalized spacial score (nSPS) is 12.5. The van der Waals surface area contributed by atoms with Gasteiger partial charge in [0.1, 0.15) is 0 Å². The fourth-order valence-electron chi connectivity index (χ4n) is 2.48. The van der Waals surface area contributed by atoms with Crippen LogP contribution in [0.3, 0.4) is 0 Å². The zero-order chi connectivity index (χ0) is 19.3. The lowest BCUT2D eigenvalue weighted by Gasteiger charge is -2.18. The number of sulfonamides is 1. The maximum Gasteiger partial charge on any atom is 0.314 e. The first-order valence-corrected chi connectivity index (χ1v) is 9.64. The van der Waals surface area contributed by atoms with Gasteiger partial charge in [0.15, 0.2) is 0 Å². The molecule has 0 radical (unpaired) electrons. The second-order valence-corrected chi connectivity index (χ2v) is 7.99. The highest BCUT2D eigenvalue weighted by molar-refractivity contribution is 7.89. The predicted molar refractivity (Wildman–Crippen MR) is 102 cm³/mol. The van der Waals surface area contributed by atoms with E-state index in [2.05, 4.69) is 4.72 Å². The number of nitrogens with zero attached hydrogens (tertiary/aromatic N) is 1. The highest BCUT2D eigenvalue weighted by atomic mass is 32.2. The number of benzene rings is 2. The monoisotopic (exact) mass is 376 g/mol. The molecule has 7 heteroatoms. The molecule has 0 aliphatic rings. The molecule has 0 saturated carbocycles. The molecule has 6 nitrogen and oxygen atoms in total. The zero-order valence-electron chi connectivity index (χ0n) is 15.4. The van der Waals surface area contributed by atoms with Crippen LogP contribution in [0.15, 0.2) is 53.4 Å². The van der Waals surface area contributed by atoms with Crippen molar-refractivity contribution in [3.8, 4) is 0 Å². The Labute approximate surface area is 154 Å². The van der Waals surface area contributed by atoms with E-state index in [-0.39, 0.29) is 11.4 Å². The fourth-order valence-corrected chi connectivity index (χ4v) is 3.53. The maximum absolute atomic E-state index is 12.5. The Balaban J connectivity index is 2.20. The summed E-state index contributed by atoms with van der Waals surface area (Å²) in [4.78, 5) is 14.3. The smallest absolute Gasteiger partial charge is 0.314 e. The third-order valence-electron chi connectivity index (χ3n) is 4.11. The van der Waals surface area contributed by atoms with Gasteiger partial charge in [0, 0.05) is 26.3 Å². The summed E-state index contributed by atoms with van der Waals surface area (Å²) in [5, 5.41) is 0. The third kappa shape index (κ3) is 4.83. The van der Waals surface area contributed by atoms with Gasteiger partial charge in [-0.05, 0) is 36.8 Å². The Kier molecular flexibility index (Phi) is 6.39. The number of carbonyl (C=O) groups is 1. The van der Waals surface area contributed by atoms with Gasteiger partial charge in [0.25, 0.3) is 0 Å². The van der Waals surface area contributed by atoms with Crippen LogP contribution in [-0.2, 0) is 19.6 Å². The molecule has 2 aromatic rings. The van der Waals surface area contributed by atoms with E-state index in [0.717, 1.165) is 11.3 Å². The second-order valence-electron chi connectivity index (χ2n) is 6.23. The lowest BCUT2D eigenvalue weighted by molar-refractivity contribution is -0.142. The number of hydrogen-bond donors (Lipinski definition) is 1. The molecule has 0 aliphatic heterocycles. The number of methoxy groups -OCH3 is 1. The topological polar surface area (TPSA) is 75.7 Å². The average molecular weight is 376 g/mol. The number of esters is 1. The Morgan fingerprint density at radius 2 is 1.65 bits per heavy atom. The largest absolute Gasteiger partial charge is 0.469 e. The number of carbonyl (C=O) groups excluding carboxylic acids is 1. The summed E-state index contributed by atoms with van der Waals surface area (Å²) in [7, 11) is 1.42. The molecule has 1 atom stereocenters. The van der Waals surface area contributed by atoms with Gasteiger partial charge in [-0.15, -0.1) is 0 Å². The second kappa shape index (κ2) is 8.33. The molecular weight excluding hydrogens is 352 g/mol. The van der Waals surface area contributed by atoms with Crippen molar-refractivity contribution in [3.63, 3.8) is 0 Å². The molecule has 0 fully saturated rings. The van der Waals surface area contributed by atoms with Crippen molar-refractivity contribution >= 4 is 21.7 Å². The van der Waals surface area contributed by atoms with E-state index in [1.165, 1.54) is 19.2 Å². The molecule has 0 saturated heterocycles. The Morgan fingerprint density at radius 3 is 2.15 bits per heavy atom. The zero-order valence-corrected chi connectivity index (χ0v) is 16.2. The van der Waals surface area contributed by atoms with E-state index in [9.17, 15) is 13.2 Å². The van der Waals surface area contributed by atoms with Gasteiger partial charge in [0.05, 0.1) is 17.9 Å². The molecule has 0 heterocycles. The Morgan fingerprint density at radius 1 is 1.08 bits per heavy atom. The number of ether oxygens (including phenoxy) is 1.